The minimum Gasteiger partial charge on any atom is -1.00 e. The van der Waals surface area contributed by atoms with Crippen LogP contribution in [0.5, 0.6) is 0 Å². The van der Waals surface area contributed by atoms with Crippen molar-refractivity contribution in [2.75, 3.05) is 32.9 Å². The molecule has 4 rings (SSSR count). The summed E-state index contributed by atoms with van der Waals surface area (Å²) in [5.41, 5.74) is 10.0. The van der Waals surface area contributed by atoms with Gasteiger partial charge in [0.15, 0.2) is 0 Å². The number of benzene rings is 2. The van der Waals surface area contributed by atoms with Crippen molar-refractivity contribution in [3.05, 3.63) is 74.0 Å². The zero-order chi connectivity index (χ0) is 23.8. The fourth-order valence-electron chi connectivity index (χ4n) is 4.00. The third kappa shape index (κ3) is 4.96. The summed E-state index contributed by atoms with van der Waals surface area (Å²) >= 11 is 1.38. The SMILES string of the molecule is Cc1cccc2c(N)c3cccc(C(=O)NCC[N+](C)(C)Cc4sccc4[N+](=O)[O-])c3nc12.[Cl-]. The van der Waals surface area contributed by atoms with Crippen LogP contribution in [0.4, 0.5) is 11.4 Å². The number of anilines is 1. The molecule has 0 bridgehead atoms. The van der Waals surface area contributed by atoms with Crippen LogP contribution in [0.25, 0.3) is 21.8 Å². The molecular formula is C24H26ClN5O3S. The van der Waals surface area contributed by atoms with Crippen molar-refractivity contribution in [3.63, 3.8) is 0 Å². The van der Waals surface area contributed by atoms with Crippen molar-refractivity contribution in [1.82, 2.24) is 10.3 Å². The monoisotopic (exact) mass is 499 g/mol. The number of nitro groups is 1. The molecule has 8 nitrogen and oxygen atoms in total. The molecule has 2 aromatic heterocycles. The van der Waals surface area contributed by atoms with Gasteiger partial charge in [-0.1, -0.05) is 30.3 Å². The summed E-state index contributed by atoms with van der Waals surface area (Å²) in [7, 11) is 3.98. The topological polar surface area (TPSA) is 111 Å². The van der Waals surface area contributed by atoms with Crippen LogP contribution in [-0.2, 0) is 6.54 Å². The molecule has 0 radical (unpaired) electrons. The van der Waals surface area contributed by atoms with E-state index in [4.69, 9.17) is 10.7 Å². The number of carbonyl (C=O) groups excluding carboxylic acids is 1. The van der Waals surface area contributed by atoms with E-state index in [1.807, 2.05) is 51.4 Å². The number of nitrogens with two attached hydrogens (primary N) is 1. The van der Waals surface area contributed by atoms with Gasteiger partial charge in [0.2, 0.25) is 0 Å². The zero-order valence-corrected chi connectivity index (χ0v) is 20.7. The van der Waals surface area contributed by atoms with Crippen molar-refractivity contribution in [2.45, 2.75) is 13.5 Å². The maximum absolute atomic E-state index is 13.1. The molecule has 2 heterocycles. The Bertz CT molecular complexity index is 1390. The van der Waals surface area contributed by atoms with Crippen LogP contribution in [0.2, 0.25) is 0 Å². The molecule has 0 aliphatic carbocycles. The summed E-state index contributed by atoms with van der Waals surface area (Å²) in [5, 5.41) is 17.5. The average Bonchev–Trinajstić information content (AvgIpc) is 3.22. The molecule has 0 spiro atoms. The number of aryl methyl sites for hydroxylation is 1. The largest absolute Gasteiger partial charge is 1.00 e. The fraction of sp³-hybridized carbons (Fsp3) is 0.250. The van der Waals surface area contributed by atoms with Gasteiger partial charge in [-0.3, -0.25) is 14.9 Å². The number of hydrogen-bond donors (Lipinski definition) is 2. The number of carbonyl (C=O) groups is 1. The number of quaternary nitrogens is 1. The minimum atomic E-state index is -0.349. The normalized spacial score (nSPS) is 11.4. The Balaban J connectivity index is 0.00000324. The van der Waals surface area contributed by atoms with Crippen LogP contribution >= 0.6 is 11.3 Å². The Kier molecular flexibility index (Phi) is 7.40. The van der Waals surface area contributed by atoms with Crippen molar-refractivity contribution in [1.29, 1.82) is 0 Å². The standard InChI is InChI=1S/C24H25N5O3S.ClH/c1-15-6-4-7-16-21(25)17-8-5-9-18(23(17)27-22(15)16)24(30)26-11-12-29(2,3)14-20-19(28(31)32)10-13-33-20;/h4-10,13H,11-12,14H2,1-3H3,(H2-,25,26,27,30);1H. The number of fused-ring (bicyclic) bond motifs is 2. The van der Waals surface area contributed by atoms with Gasteiger partial charge in [0.1, 0.15) is 11.4 Å². The first-order valence-electron chi connectivity index (χ1n) is 10.6. The number of nitrogens with one attached hydrogen (secondary N) is 1. The van der Waals surface area contributed by atoms with Crippen molar-refractivity contribution >= 4 is 50.4 Å². The molecule has 0 atom stereocenters. The van der Waals surface area contributed by atoms with Crippen LogP contribution < -0.4 is 23.5 Å². The van der Waals surface area contributed by atoms with Gasteiger partial charge in [-0.15, -0.1) is 11.3 Å². The first-order valence-corrected chi connectivity index (χ1v) is 11.4. The Hall–Kier alpha value is -3.27. The Morgan fingerprint density at radius 2 is 1.82 bits per heavy atom. The van der Waals surface area contributed by atoms with Gasteiger partial charge in [-0.25, -0.2) is 4.98 Å². The van der Waals surface area contributed by atoms with Crippen LogP contribution in [0, 0.1) is 17.0 Å². The predicted octanol–water partition coefficient (Wildman–Crippen LogP) is 1.26. The third-order valence-electron chi connectivity index (χ3n) is 5.82. The molecule has 10 heteroatoms. The number of nitrogen functional groups attached to an aromatic ring is 1. The Morgan fingerprint density at radius 1 is 1.15 bits per heavy atom. The minimum absolute atomic E-state index is 0. The van der Waals surface area contributed by atoms with Crippen LogP contribution in [0.3, 0.4) is 0 Å². The molecule has 0 fully saturated rings. The molecule has 0 aliphatic rings. The first-order chi connectivity index (χ1) is 15.7. The summed E-state index contributed by atoms with van der Waals surface area (Å²) in [6, 6.07) is 12.8. The first kappa shape index (κ1) is 25.4. The van der Waals surface area contributed by atoms with Crippen molar-refractivity contribution in [2.24, 2.45) is 0 Å². The van der Waals surface area contributed by atoms with Gasteiger partial charge >= 0.3 is 0 Å². The number of halogens is 1. The Morgan fingerprint density at radius 3 is 2.53 bits per heavy atom. The fourth-order valence-corrected chi connectivity index (χ4v) is 5.04. The second-order valence-corrected chi connectivity index (χ2v) is 9.76. The van der Waals surface area contributed by atoms with E-state index in [1.54, 1.807) is 11.4 Å². The number of pyridine rings is 1. The average molecular weight is 500 g/mol. The van der Waals surface area contributed by atoms with Gasteiger partial charge in [0, 0.05) is 16.8 Å². The zero-order valence-electron chi connectivity index (χ0n) is 19.2. The van der Waals surface area contributed by atoms with E-state index >= 15 is 0 Å². The summed E-state index contributed by atoms with van der Waals surface area (Å²) in [4.78, 5) is 29.4. The summed E-state index contributed by atoms with van der Waals surface area (Å²) in [6.45, 7) is 3.52. The molecule has 0 saturated heterocycles. The number of para-hydroxylation sites is 2. The van der Waals surface area contributed by atoms with E-state index in [9.17, 15) is 14.9 Å². The number of hydrogen-bond acceptors (Lipinski definition) is 6. The molecule has 178 valence electrons. The van der Waals surface area contributed by atoms with Gasteiger partial charge in [0.05, 0.1) is 54.4 Å². The number of likely N-dealkylation sites (N-methyl/N-ethyl adjacent to an activating group) is 1. The van der Waals surface area contributed by atoms with Gasteiger partial charge in [0.25, 0.3) is 11.6 Å². The van der Waals surface area contributed by atoms with Crippen molar-refractivity contribution in [3.8, 4) is 0 Å². The van der Waals surface area contributed by atoms with Gasteiger partial charge in [-0.2, -0.15) is 0 Å². The Labute approximate surface area is 207 Å². The summed E-state index contributed by atoms with van der Waals surface area (Å²) in [5.74, 6) is -0.220. The molecule has 34 heavy (non-hydrogen) atoms. The second-order valence-electron chi connectivity index (χ2n) is 8.76. The molecule has 4 aromatic rings. The number of thiophene rings is 1. The molecule has 0 aliphatic heterocycles. The lowest BCUT2D eigenvalue weighted by atomic mass is 10.0. The van der Waals surface area contributed by atoms with E-state index in [0.717, 1.165) is 26.7 Å². The van der Waals surface area contributed by atoms with E-state index in [2.05, 4.69) is 5.32 Å². The smallest absolute Gasteiger partial charge is 0.288 e. The predicted molar refractivity (Wildman–Crippen MR) is 132 cm³/mol. The lowest BCUT2D eigenvalue weighted by Gasteiger charge is -2.29. The highest BCUT2D eigenvalue weighted by Crippen LogP contribution is 2.31. The van der Waals surface area contributed by atoms with E-state index in [1.165, 1.54) is 17.4 Å². The number of aromatic nitrogens is 1. The molecular weight excluding hydrogens is 474 g/mol. The number of amides is 1. The summed E-state index contributed by atoms with van der Waals surface area (Å²) < 4.78 is 0.506. The lowest BCUT2D eigenvalue weighted by Crippen LogP contribution is -3.00. The maximum atomic E-state index is 13.1. The van der Waals surface area contributed by atoms with Gasteiger partial charge in [-0.05, 0) is 23.9 Å². The van der Waals surface area contributed by atoms with E-state index < -0.39 is 0 Å². The van der Waals surface area contributed by atoms with Gasteiger partial charge < -0.3 is 27.9 Å². The molecule has 0 saturated carbocycles. The maximum Gasteiger partial charge on any atom is 0.288 e. The highest BCUT2D eigenvalue weighted by atomic mass is 35.5. The molecule has 1 amide bonds. The number of rotatable bonds is 7. The molecule has 3 N–H and O–H groups in total. The van der Waals surface area contributed by atoms with Crippen LogP contribution in [0.15, 0.2) is 47.8 Å². The lowest BCUT2D eigenvalue weighted by molar-refractivity contribution is -0.902. The quantitative estimate of drug-likeness (QED) is 0.172. The third-order valence-corrected chi connectivity index (χ3v) is 6.71. The van der Waals surface area contributed by atoms with Crippen LogP contribution in [-0.4, -0.2) is 47.5 Å². The summed E-state index contributed by atoms with van der Waals surface area (Å²) in [6.07, 6.45) is 0. The van der Waals surface area contributed by atoms with E-state index in [-0.39, 0.29) is 28.9 Å². The highest BCUT2D eigenvalue weighted by molar-refractivity contribution is 7.10. The molecule has 0 unspecified atom stereocenters. The molecule has 2 aromatic carbocycles. The highest BCUT2D eigenvalue weighted by Gasteiger charge is 2.24. The van der Waals surface area contributed by atoms with E-state index in [0.29, 0.717) is 40.9 Å². The number of nitrogens with zero attached hydrogens (tertiary/aromatic N) is 3. The van der Waals surface area contributed by atoms with Crippen molar-refractivity contribution < 1.29 is 26.6 Å². The van der Waals surface area contributed by atoms with Crippen LogP contribution in [0.1, 0.15) is 20.8 Å². The second kappa shape index (κ2) is 9.92.